The van der Waals surface area contributed by atoms with Crippen molar-refractivity contribution in [3.05, 3.63) is 23.8 Å². The minimum Gasteiger partial charge on any atom is -0.504 e. The summed E-state index contributed by atoms with van der Waals surface area (Å²) in [7, 11) is 1.42. The van der Waals surface area contributed by atoms with Crippen LogP contribution in [-0.2, 0) is 14.3 Å². The molecule has 0 radical (unpaired) electrons. The van der Waals surface area contributed by atoms with Gasteiger partial charge in [0.25, 0.3) is 0 Å². The first-order chi connectivity index (χ1) is 9.10. The number of para-hydroxylation sites is 1. The van der Waals surface area contributed by atoms with Crippen LogP contribution in [0.15, 0.2) is 23.3 Å². The second-order valence-corrected chi connectivity index (χ2v) is 3.32. The number of carbonyl (C=O) groups excluding carboxylic acids is 2. The first kappa shape index (κ1) is 14.5. The van der Waals surface area contributed by atoms with Gasteiger partial charge < -0.3 is 14.6 Å². The fraction of sp³-hybridized carbons (Fsp3) is 0.250. The molecule has 0 aliphatic heterocycles. The fourth-order valence-electron chi connectivity index (χ4n) is 1.21. The Morgan fingerprint density at radius 3 is 2.84 bits per heavy atom. The Kier molecular flexibility index (Phi) is 5.34. The van der Waals surface area contributed by atoms with Gasteiger partial charge in [-0.2, -0.15) is 5.10 Å². The highest BCUT2D eigenvalue weighted by Gasteiger charge is 2.13. The number of hydrogen-bond donors (Lipinski definition) is 2. The van der Waals surface area contributed by atoms with E-state index in [1.165, 1.54) is 13.3 Å². The van der Waals surface area contributed by atoms with E-state index in [0.29, 0.717) is 5.56 Å². The number of benzene rings is 1. The Bertz CT molecular complexity index is 499. The van der Waals surface area contributed by atoms with E-state index in [0.717, 1.165) is 0 Å². The molecule has 19 heavy (non-hydrogen) atoms. The quantitative estimate of drug-likeness (QED) is 0.356. The number of nitrogens with zero attached hydrogens (tertiary/aromatic N) is 1. The monoisotopic (exact) mass is 266 g/mol. The molecule has 1 aromatic carbocycles. The Hall–Kier alpha value is -2.57. The van der Waals surface area contributed by atoms with Gasteiger partial charge in [0, 0.05) is 5.56 Å². The van der Waals surface area contributed by atoms with Gasteiger partial charge in [-0.1, -0.05) is 6.07 Å². The van der Waals surface area contributed by atoms with Crippen molar-refractivity contribution in [1.29, 1.82) is 0 Å². The lowest BCUT2D eigenvalue weighted by Crippen LogP contribution is -2.28. The first-order valence-electron chi connectivity index (χ1n) is 5.46. The maximum absolute atomic E-state index is 11.1. The third-order valence-corrected chi connectivity index (χ3v) is 2.08. The van der Waals surface area contributed by atoms with Gasteiger partial charge in [0.05, 0.1) is 19.9 Å². The molecule has 102 valence electrons. The van der Waals surface area contributed by atoms with E-state index in [-0.39, 0.29) is 18.1 Å². The molecule has 1 aromatic rings. The number of methoxy groups -OCH3 is 1. The zero-order valence-electron chi connectivity index (χ0n) is 10.5. The van der Waals surface area contributed by atoms with Gasteiger partial charge in [-0.25, -0.2) is 10.2 Å². The second kappa shape index (κ2) is 7.00. The van der Waals surface area contributed by atoms with E-state index in [2.05, 4.69) is 9.84 Å². The maximum atomic E-state index is 11.1. The van der Waals surface area contributed by atoms with E-state index < -0.39 is 11.9 Å². The number of aromatic hydroxyl groups is 1. The smallest absolute Gasteiger partial charge is 0.398 e. The standard InChI is InChI=1S/C12H14N2O5/c1-3-19-12(17)11(16)14-13-7-8-5-4-6-9(18-2)10(8)15/h4-7,15H,3H2,1-2H3,(H,14,16). The highest BCUT2D eigenvalue weighted by atomic mass is 16.5. The topological polar surface area (TPSA) is 97.2 Å². The lowest BCUT2D eigenvalue weighted by molar-refractivity contribution is -0.154. The molecular weight excluding hydrogens is 252 g/mol. The molecule has 0 aromatic heterocycles. The summed E-state index contributed by atoms with van der Waals surface area (Å²) >= 11 is 0. The van der Waals surface area contributed by atoms with Crippen molar-refractivity contribution in [2.75, 3.05) is 13.7 Å². The summed E-state index contributed by atoms with van der Waals surface area (Å²) in [6.07, 6.45) is 1.19. The number of esters is 1. The Balaban J connectivity index is 2.68. The molecule has 0 aliphatic carbocycles. The number of phenolic OH excluding ortho intramolecular Hbond substituents is 1. The lowest BCUT2D eigenvalue weighted by atomic mass is 10.2. The minimum atomic E-state index is -1.02. The molecule has 0 saturated heterocycles. The van der Waals surface area contributed by atoms with Crippen LogP contribution in [-0.4, -0.2) is 36.9 Å². The Labute approximate surface area is 109 Å². The number of ether oxygens (including phenoxy) is 2. The zero-order valence-corrected chi connectivity index (χ0v) is 10.5. The van der Waals surface area contributed by atoms with Crippen LogP contribution in [0.4, 0.5) is 0 Å². The molecule has 7 nitrogen and oxygen atoms in total. The number of hydrazone groups is 1. The van der Waals surface area contributed by atoms with Crippen LogP contribution in [0, 0.1) is 0 Å². The highest BCUT2D eigenvalue weighted by Crippen LogP contribution is 2.27. The second-order valence-electron chi connectivity index (χ2n) is 3.32. The number of amides is 1. The predicted octanol–water partition coefficient (Wildman–Crippen LogP) is 0.414. The van der Waals surface area contributed by atoms with Crippen molar-refractivity contribution < 1.29 is 24.2 Å². The summed E-state index contributed by atoms with van der Waals surface area (Å²) in [6.45, 7) is 1.69. The molecular formula is C12H14N2O5. The minimum absolute atomic E-state index is 0.104. The van der Waals surface area contributed by atoms with Gasteiger partial charge in [0.2, 0.25) is 0 Å². The van der Waals surface area contributed by atoms with Crippen LogP contribution < -0.4 is 10.2 Å². The maximum Gasteiger partial charge on any atom is 0.398 e. The van der Waals surface area contributed by atoms with Gasteiger partial charge >= 0.3 is 11.9 Å². The third-order valence-electron chi connectivity index (χ3n) is 2.08. The molecule has 0 aliphatic rings. The average Bonchev–Trinajstić information content (AvgIpc) is 2.40. The molecule has 0 saturated carbocycles. The molecule has 0 heterocycles. The van der Waals surface area contributed by atoms with Crippen LogP contribution >= 0.6 is 0 Å². The zero-order chi connectivity index (χ0) is 14.3. The average molecular weight is 266 g/mol. The summed E-state index contributed by atoms with van der Waals surface area (Å²) in [5.74, 6) is -1.84. The SMILES string of the molecule is CCOC(=O)C(=O)NN=Cc1cccc(OC)c1O. The summed E-state index contributed by atoms with van der Waals surface area (Å²) in [6, 6.07) is 4.79. The van der Waals surface area contributed by atoms with Gasteiger partial charge in [0.1, 0.15) is 0 Å². The summed E-state index contributed by atoms with van der Waals surface area (Å²) in [5.41, 5.74) is 2.32. The van der Waals surface area contributed by atoms with E-state index >= 15 is 0 Å². The molecule has 0 unspecified atom stereocenters. The molecule has 0 spiro atoms. The van der Waals surface area contributed by atoms with Crippen molar-refractivity contribution in [3.8, 4) is 11.5 Å². The van der Waals surface area contributed by atoms with Gasteiger partial charge in [-0.15, -0.1) is 0 Å². The predicted molar refractivity (Wildman–Crippen MR) is 67.0 cm³/mol. The van der Waals surface area contributed by atoms with Gasteiger partial charge in [-0.05, 0) is 19.1 Å². The van der Waals surface area contributed by atoms with Crippen LogP contribution in [0.3, 0.4) is 0 Å². The van der Waals surface area contributed by atoms with E-state index in [1.54, 1.807) is 25.1 Å². The normalized spacial score (nSPS) is 10.2. The van der Waals surface area contributed by atoms with Crippen LogP contribution in [0.1, 0.15) is 12.5 Å². The largest absolute Gasteiger partial charge is 0.504 e. The van der Waals surface area contributed by atoms with Crippen molar-refractivity contribution >= 4 is 18.1 Å². The van der Waals surface area contributed by atoms with Crippen molar-refractivity contribution in [2.45, 2.75) is 6.92 Å². The van der Waals surface area contributed by atoms with Gasteiger partial charge in [0.15, 0.2) is 11.5 Å². The fourth-order valence-corrected chi connectivity index (χ4v) is 1.21. The van der Waals surface area contributed by atoms with Crippen LogP contribution in [0.5, 0.6) is 11.5 Å². The number of hydrogen-bond acceptors (Lipinski definition) is 6. The molecule has 0 atom stereocenters. The number of nitrogens with one attached hydrogen (secondary N) is 1. The number of carbonyl (C=O) groups is 2. The first-order valence-corrected chi connectivity index (χ1v) is 5.46. The van der Waals surface area contributed by atoms with Crippen molar-refractivity contribution in [1.82, 2.24) is 5.43 Å². The molecule has 1 amide bonds. The highest BCUT2D eigenvalue weighted by molar-refractivity contribution is 6.32. The molecule has 0 bridgehead atoms. The van der Waals surface area contributed by atoms with Crippen molar-refractivity contribution in [3.63, 3.8) is 0 Å². The lowest BCUT2D eigenvalue weighted by Gasteiger charge is -2.04. The number of phenols is 1. The third kappa shape index (κ3) is 3.98. The Morgan fingerprint density at radius 2 is 2.21 bits per heavy atom. The Morgan fingerprint density at radius 1 is 1.47 bits per heavy atom. The molecule has 0 fully saturated rings. The summed E-state index contributed by atoms with van der Waals surface area (Å²) in [4.78, 5) is 22.1. The molecule has 1 rings (SSSR count). The number of rotatable bonds is 4. The van der Waals surface area contributed by atoms with Gasteiger partial charge in [-0.3, -0.25) is 4.79 Å². The van der Waals surface area contributed by atoms with Crippen LogP contribution in [0.2, 0.25) is 0 Å². The molecule has 2 N–H and O–H groups in total. The van der Waals surface area contributed by atoms with E-state index in [1.807, 2.05) is 5.43 Å². The van der Waals surface area contributed by atoms with Crippen molar-refractivity contribution in [2.24, 2.45) is 5.10 Å². The van der Waals surface area contributed by atoms with E-state index in [4.69, 9.17) is 4.74 Å². The summed E-state index contributed by atoms with van der Waals surface area (Å²) in [5, 5.41) is 13.3. The molecule has 7 heteroatoms. The summed E-state index contributed by atoms with van der Waals surface area (Å²) < 4.78 is 9.38. The van der Waals surface area contributed by atoms with E-state index in [9.17, 15) is 14.7 Å². The van der Waals surface area contributed by atoms with Crippen LogP contribution in [0.25, 0.3) is 0 Å².